The Morgan fingerprint density at radius 2 is 0.734 bits per heavy atom. The molecule has 109 heavy (non-hydrogen) atoms. The first kappa shape index (κ1) is 89.4. The lowest BCUT2D eigenvalue weighted by Crippen LogP contribution is -2.49. The van der Waals surface area contributed by atoms with Crippen LogP contribution in [0.3, 0.4) is 0 Å². The molecule has 4 aromatic carbocycles. The van der Waals surface area contributed by atoms with Gasteiger partial charge in [0.1, 0.15) is 28.8 Å². The third kappa shape index (κ3) is 27.5. The number of methoxy groups -OCH3 is 1. The number of rotatable bonds is 18. The Hall–Kier alpha value is -10.2. The van der Waals surface area contributed by atoms with E-state index in [-0.39, 0.29) is 95.7 Å². The van der Waals surface area contributed by atoms with E-state index in [1.165, 1.54) is 0 Å². The second-order valence-corrected chi connectivity index (χ2v) is 28.1. The van der Waals surface area contributed by atoms with E-state index >= 15 is 0 Å². The highest BCUT2D eigenvalue weighted by Gasteiger charge is 2.34. The first-order valence-electron chi connectivity index (χ1n) is 35.4. The van der Waals surface area contributed by atoms with E-state index in [9.17, 15) is 33.6 Å². The molecule has 0 bridgehead atoms. The number of para-hydroxylation sites is 1. The Kier molecular flexibility index (Phi) is 36.9. The van der Waals surface area contributed by atoms with Gasteiger partial charge in [0.25, 0.3) is 0 Å². The zero-order valence-electron chi connectivity index (χ0n) is 60.6. The number of amides is 11. The molecule has 12 rings (SSSR count). The number of carbonyl (C=O) groups is 7. The van der Waals surface area contributed by atoms with Gasteiger partial charge in [0.2, 0.25) is 17.7 Å². The molecule has 4 fully saturated rings. The molecule has 26 heteroatoms. The predicted molar refractivity (Wildman–Crippen MR) is 438 cm³/mol. The smallest absolute Gasteiger partial charge is 0.322 e. The molecule has 0 spiro atoms. The minimum atomic E-state index is -0.172. The maximum absolute atomic E-state index is 13.0. The van der Waals surface area contributed by atoms with E-state index in [0.29, 0.717) is 65.4 Å². The molecule has 11 amide bonds. The van der Waals surface area contributed by atoms with Crippen LogP contribution in [0.5, 0.6) is 5.75 Å². The summed E-state index contributed by atoms with van der Waals surface area (Å²) in [5, 5.41) is 11.9. The Bertz CT molecular complexity index is 4040. The quantitative estimate of drug-likeness (QED) is 0.0624. The van der Waals surface area contributed by atoms with Crippen molar-refractivity contribution < 1.29 is 56.0 Å². The number of nitrogens with one attached hydrogen (secondary N) is 4. The predicted octanol–water partition coefficient (Wildman–Crippen LogP) is 18.7. The van der Waals surface area contributed by atoms with Gasteiger partial charge in [-0.05, 0) is 208 Å². The topological polar surface area (TPSA) is 255 Å². The summed E-state index contributed by atoms with van der Waals surface area (Å²) in [6.45, 7) is 20.3. The Morgan fingerprint density at radius 3 is 1.04 bits per heavy atom. The lowest BCUT2D eigenvalue weighted by Gasteiger charge is -2.39. The van der Waals surface area contributed by atoms with Crippen molar-refractivity contribution >= 4 is 96.5 Å². The lowest BCUT2D eigenvalue weighted by atomic mass is 10.0. The first-order chi connectivity index (χ1) is 50.7. The van der Waals surface area contributed by atoms with E-state index in [2.05, 4.69) is 64.6 Å². The summed E-state index contributed by atoms with van der Waals surface area (Å²) in [7, 11) is 1.62. The lowest BCUT2D eigenvalue weighted by molar-refractivity contribution is -0.131. The molecular weight excluding hydrogens is 1520 g/mol. The molecule has 4 aromatic heterocycles. The summed E-state index contributed by atoms with van der Waals surface area (Å²) in [5.74, 6) is 4.02. The van der Waals surface area contributed by atoms with Gasteiger partial charge < -0.3 is 82.9 Å². The van der Waals surface area contributed by atoms with Crippen LogP contribution in [-0.2, 0) is 40.6 Å². The van der Waals surface area contributed by atoms with Gasteiger partial charge in [-0.2, -0.15) is 0 Å². The number of furan rings is 4. The van der Waals surface area contributed by atoms with Gasteiger partial charge in [0.15, 0.2) is 0 Å². The zero-order chi connectivity index (χ0) is 74.8. The second kappa shape index (κ2) is 44.9. The van der Waals surface area contributed by atoms with E-state index < -0.39 is 0 Å². The van der Waals surface area contributed by atoms with Crippen molar-refractivity contribution in [1.29, 1.82) is 0 Å². The number of anilines is 4. The fourth-order valence-electron chi connectivity index (χ4n) is 13.1. The van der Waals surface area contributed by atoms with Crippen molar-refractivity contribution in [3.05, 3.63) is 220 Å². The molecule has 0 saturated carbocycles. The van der Waals surface area contributed by atoms with E-state index in [0.717, 1.165) is 136 Å². The van der Waals surface area contributed by atoms with Crippen molar-refractivity contribution in [1.82, 2.24) is 39.2 Å². The number of aryl methyl sites for hydroxylation is 1. The molecule has 8 heterocycles. The number of hydrogen-bond donors (Lipinski definition) is 4. The second-order valence-electron chi connectivity index (χ2n) is 26.3. The molecule has 590 valence electrons. The molecule has 4 N–H and O–H groups in total. The molecule has 8 aromatic rings. The van der Waals surface area contributed by atoms with Crippen molar-refractivity contribution in [2.75, 3.05) is 80.7 Å². The van der Waals surface area contributed by atoms with E-state index in [4.69, 9.17) is 22.4 Å². The largest absolute Gasteiger partial charge is 0.497 e. The number of ether oxygens (including phenoxy) is 1. The highest BCUT2D eigenvalue weighted by atomic mass is 79.9. The van der Waals surface area contributed by atoms with Crippen LogP contribution >= 0.6 is 31.9 Å². The highest BCUT2D eigenvalue weighted by Crippen LogP contribution is 2.29. The summed E-state index contributed by atoms with van der Waals surface area (Å²) < 4.78 is 28.8. The maximum Gasteiger partial charge on any atom is 0.322 e. The minimum Gasteiger partial charge on any atom is -0.497 e. The number of halogens is 2. The zero-order valence-corrected chi connectivity index (χ0v) is 63.7. The number of likely N-dealkylation sites (tertiary alicyclic amines) is 4. The standard InChI is InChI=1S/C21H27N3O3.C20H25N3O3.2C19H22BrN3O3.4CH4/c1-16(2)23-12-10-18(11-13-23)24(15-20-5-4-14-27-20)21(25)22-17-6-8-19(26-3)9-7-17;1-15-5-3-6-17(13-15)21-20(25)23(14-19-7-4-12-26-19)18-8-10-22(11-9-18)16(2)24;1-14(24)22-10-8-17(9-11-22)23(13-18-3-2-12-26-18)19(25)21-16-6-4-15(20)5-7-16;1-14(24)22-10-8-15(9-11-22)23(13-16-5-4-12-26-16)19(25)21-18-7-3-2-6-17(18)20;;;;/h4-9,14,18H,1,10-13,15H2,2-3H3,(H,22,25);3-7,12-13,18H,8-11,14H2,1-2H3,(H,21,25);2-7,12,17H,8-11,13H2,1H3,(H,21,25);2-7,12,15H,8-11,13H2,1H3,(H,21,25);4*1H4. The molecule has 0 radical (unpaired) electrons. The number of piperidine rings is 4. The average molecular weight is 1630 g/mol. The third-order valence-electron chi connectivity index (χ3n) is 19.0. The average Bonchev–Trinajstić information content (AvgIpc) is 1.64. The molecular formula is C83H112Br2N12O12. The number of allylic oxidation sites excluding steroid dienone is 1. The van der Waals surface area contributed by atoms with Crippen molar-refractivity contribution in [3.8, 4) is 5.75 Å². The van der Waals surface area contributed by atoms with Gasteiger partial charge in [0, 0.05) is 129 Å². The number of carbonyl (C=O) groups excluding carboxylic acids is 7. The Morgan fingerprint density at radius 1 is 0.413 bits per heavy atom. The van der Waals surface area contributed by atoms with Crippen LogP contribution in [0.2, 0.25) is 0 Å². The summed E-state index contributed by atoms with van der Waals surface area (Å²) in [4.78, 5) is 102. The van der Waals surface area contributed by atoms with Crippen LogP contribution in [0.25, 0.3) is 0 Å². The van der Waals surface area contributed by atoms with E-state index in [1.807, 2.05) is 184 Å². The molecule has 24 nitrogen and oxygen atoms in total. The highest BCUT2D eigenvalue weighted by molar-refractivity contribution is 9.10. The van der Waals surface area contributed by atoms with Crippen molar-refractivity contribution in [2.24, 2.45) is 0 Å². The SMILES string of the molecule is C.C.C.C.C=C(C)N1CCC(N(Cc2ccco2)C(=O)Nc2ccc(OC)cc2)CC1.CC(=O)N1CCC(N(Cc2ccco2)C(=O)Nc2ccc(Br)cc2)CC1.CC(=O)N1CCC(N(Cc2ccco2)C(=O)Nc2cccc(C)c2)CC1.CC(=O)N1CCC(N(Cc2ccco2)C(=O)Nc2ccccc2Br)CC1. The minimum absolute atomic E-state index is 0. The van der Waals surface area contributed by atoms with Crippen LogP contribution in [0.15, 0.2) is 210 Å². The van der Waals surface area contributed by atoms with E-state index in [1.54, 1.807) is 62.7 Å². The van der Waals surface area contributed by atoms with Gasteiger partial charge >= 0.3 is 24.1 Å². The third-order valence-corrected chi connectivity index (χ3v) is 20.2. The molecule has 0 unspecified atom stereocenters. The number of nitrogens with zero attached hydrogens (tertiary/aromatic N) is 8. The number of benzene rings is 4. The summed E-state index contributed by atoms with van der Waals surface area (Å²) in [5.41, 5.74) is 5.15. The Labute approximate surface area is 660 Å². The van der Waals surface area contributed by atoms with Crippen LogP contribution in [0.4, 0.5) is 41.9 Å². The summed E-state index contributed by atoms with van der Waals surface area (Å²) in [6.07, 6.45) is 12.8. The molecule has 0 aliphatic carbocycles. The monoisotopic (exact) mass is 1630 g/mol. The molecule has 0 atom stereocenters. The van der Waals surface area contributed by atoms with Gasteiger partial charge in [-0.3, -0.25) is 14.4 Å². The fraction of sp³-hybridized carbons (Fsp3) is 0.410. The Balaban J connectivity index is 0.000000257. The van der Waals surface area contributed by atoms with Crippen molar-refractivity contribution in [2.45, 2.75) is 166 Å². The van der Waals surface area contributed by atoms with Crippen molar-refractivity contribution in [3.63, 3.8) is 0 Å². The fourth-order valence-corrected chi connectivity index (χ4v) is 13.7. The first-order valence-corrected chi connectivity index (χ1v) is 37.0. The normalized spacial score (nSPS) is 14.3. The van der Waals surface area contributed by atoms with Gasteiger partial charge in [-0.25, -0.2) is 19.2 Å². The van der Waals surface area contributed by atoms with Gasteiger partial charge in [-0.15, -0.1) is 0 Å². The van der Waals surface area contributed by atoms with Gasteiger partial charge in [0.05, 0.1) is 64.0 Å². The van der Waals surface area contributed by atoms with Gasteiger partial charge in [-0.1, -0.05) is 76.5 Å². The van der Waals surface area contributed by atoms with Crippen LogP contribution in [0.1, 0.15) is 137 Å². The van der Waals surface area contributed by atoms with Crippen LogP contribution in [-0.4, -0.2) is 165 Å². The molecule has 4 aliphatic heterocycles. The number of hydrogen-bond acceptors (Lipinski definition) is 13. The van der Waals surface area contributed by atoms with Crippen LogP contribution < -0.4 is 26.0 Å². The molecule has 4 aliphatic rings. The number of urea groups is 4. The summed E-state index contributed by atoms with van der Waals surface area (Å²) >= 11 is 6.85. The molecule has 4 saturated heterocycles. The maximum atomic E-state index is 13.0. The van der Waals surface area contributed by atoms with Crippen LogP contribution in [0, 0.1) is 6.92 Å². The summed E-state index contributed by atoms with van der Waals surface area (Å²) in [6, 6.07) is 44.6.